The molecule has 0 amide bonds. The molecular weight excluding hydrogens is 341 g/mol. The van der Waals surface area contributed by atoms with E-state index in [4.69, 9.17) is 0 Å². The topological polar surface area (TPSA) is 61.8 Å². The van der Waals surface area contributed by atoms with Gasteiger partial charge in [0.1, 0.15) is 9.84 Å². The number of sulfone groups is 1. The van der Waals surface area contributed by atoms with Crippen molar-refractivity contribution in [3.05, 3.63) is 0 Å². The van der Waals surface area contributed by atoms with Crippen LogP contribution in [0, 0.1) is 0 Å². The maximum atomic E-state index is 11.0. The molecule has 0 saturated carbocycles. The predicted molar refractivity (Wildman–Crippen MR) is 79.4 cm³/mol. The summed E-state index contributed by atoms with van der Waals surface area (Å²) in [5.41, 5.74) is 0. The lowest BCUT2D eigenvalue weighted by atomic mass is 10.3. The molecule has 0 rings (SSSR count). The summed E-state index contributed by atoms with van der Waals surface area (Å²) in [6, 6.07) is 0.0980. The third kappa shape index (κ3) is 9.20. The van der Waals surface area contributed by atoms with Crippen LogP contribution >= 0.6 is 24.0 Å². The van der Waals surface area contributed by atoms with Gasteiger partial charge in [-0.15, -0.1) is 24.0 Å². The van der Waals surface area contributed by atoms with Gasteiger partial charge in [0.05, 0.1) is 5.75 Å². The highest BCUT2D eigenvalue weighted by Gasteiger charge is 2.09. The lowest BCUT2D eigenvalue weighted by Gasteiger charge is -2.21. The molecule has 0 saturated heterocycles. The molecule has 0 bridgehead atoms. The number of guanidine groups is 1. The smallest absolute Gasteiger partial charge is 0.193 e. The quantitative estimate of drug-likeness (QED) is 0.451. The summed E-state index contributed by atoms with van der Waals surface area (Å²) in [6.45, 7) is 1.94. The zero-order chi connectivity index (χ0) is 12.1. The maximum absolute atomic E-state index is 11.0. The molecule has 1 atom stereocenters. The molecule has 0 spiro atoms. The molecule has 0 radical (unpaired) electrons. The van der Waals surface area contributed by atoms with E-state index in [0.717, 1.165) is 5.96 Å². The normalized spacial score (nSPS) is 13.9. The number of rotatable bonds is 4. The van der Waals surface area contributed by atoms with Gasteiger partial charge in [0.15, 0.2) is 5.96 Å². The van der Waals surface area contributed by atoms with Gasteiger partial charge in [-0.1, -0.05) is 0 Å². The van der Waals surface area contributed by atoms with E-state index in [1.54, 1.807) is 7.05 Å². The van der Waals surface area contributed by atoms with Gasteiger partial charge in [-0.3, -0.25) is 4.99 Å². The zero-order valence-corrected chi connectivity index (χ0v) is 13.7. The first-order valence-electron chi connectivity index (χ1n) is 4.84. The fraction of sp³-hybridized carbons (Fsp3) is 0.889. The Balaban J connectivity index is 0. The molecule has 0 aliphatic heterocycles. The highest BCUT2D eigenvalue weighted by atomic mass is 127. The number of hydrogen-bond acceptors (Lipinski definition) is 3. The van der Waals surface area contributed by atoms with Crippen LogP contribution in [-0.2, 0) is 9.84 Å². The SMILES string of the molecule is CN=C(NC(C)CCS(C)(=O)=O)N(C)C.I. The van der Waals surface area contributed by atoms with E-state index in [1.165, 1.54) is 6.26 Å². The molecule has 0 aromatic heterocycles. The fourth-order valence-electron chi connectivity index (χ4n) is 1.08. The van der Waals surface area contributed by atoms with Gasteiger partial charge >= 0.3 is 0 Å². The van der Waals surface area contributed by atoms with Gasteiger partial charge in [-0.2, -0.15) is 0 Å². The van der Waals surface area contributed by atoms with Crippen LogP contribution in [0.5, 0.6) is 0 Å². The summed E-state index contributed by atoms with van der Waals surface area (Å²) in [6.07, 6.45) is 1.84. The predicted octanol–water partition coefficient (Wildman–Crippen LogP) is 0.565. The number of halogens is 1. The van der Waals surface area contributed by atoms with Crippen LogP contribution in [0.1, 0.15) is 13.3 Å². The molecule has 98 valence electrons. The Morgan fingerprint density at radius 3 is 2.25 bits per heavy atom. The molecular formula is C9H22IN3O2S. The van der Waals surface area contributed by atoms with Crippen molar-refractivity contribution < 1.29 is 8.42 Å². The molecule has 0 heterocycles. The number of aliphatic imine (C=N–C) groups is 1. The Labute approximate surface area is 116 Å². The fourth-order valence-corrected chi connectivity index (χ4v) is 1.86. The molecule has 0 aromatic rings. The number of nitrogens with one attached hydrogen (secondary N) is 1. The van der Waals surface area contributed by atoms with Gasteiger partial charge in [0.25, 0.3) is 0 Å². The van der Waals surface area contributed by atoms with Gasteiger partial charge < -0.3 is 10.2 Å². The minimum absolute atomic E-state index is 0. The van der Waals surface area contributed by atoms with Crippen molar-refractivity contribution >= 4 is 39.8 Å². The van der Waals surface area contributed by atoms with E-state index >= 15 is 0 Å². The summed E-state index contributed by atoms with van der Waals surface area (Å²) in [5.74, 6) is 0.960. The second-order valence-corrected chi connectivity index (χ2v) is 6.17. The molecule has 1 unspecified atom stereocenters. The van der Waals surface area contributed by atoms with Crippen molar-refractivity contribution in [2.75, 3.05) is 33.2 Å². The molecule has 0 aliphatic rings. The lowest BCUT2D eigenvalue weighted by molar-refractivity contribution is 0.536. The molecule has 0 aromatic carbocycles. The van der Waals surface area contributed by atoms with E-state index < -0.39 is 9.84 Å². The van der Waals surface area contributed by atoms with E-state index in [0.29, 0.717) is 6.42 Å². The summed E-state index contributed by atoms with van der Waals surface area (Å²) in [4.78, 5) is 5.91. The zero-order valence-electron chi connectivity index (χ0n) is 10.5. The largest absolute Gasteiger partial charge is 0.354 e. The first-order chi connectivity index (χ1) is 6.76. The van der Waals surface area contributed by atoms with Crippen LogP contribution in [0.15, 0.2) is 4.99 Å². The van der Waals surface area contributed by atoms with Crippen molar-refractivity contribution in [2.24, 2.45) is 4.99 Å². The molecule has 5 nitrogen and oxygen atoms in total. The van der Waals surface area contributed by atoms with Crippen molar-refractivity contribution in [1.29, 1.82) is 0 Å². The highest BCUT2D eigenvalue weighted by Crippen LogP contribution is 1.96. The summed E-state index contributed by atoms with van der Waals surface area (Å²) >= 11 is 0. The van der Waals surface area contributed by atoms with E-state index in [-0.39, 0.29) is 35.8 Å². The summed E-state index contributed by atoms with van der Waals surface area (Å²) in [7, 11) is 2.60. The van der Waals surface area contributed by atoms with E-state index in [1.807, 2.05) is 25.9 Å². The van der Waals surface area contributed by atoms with Gasteiger partial charge in [-0.05, 0) is 13.3 Å². The molecule has 0 aliphatic carbocycles. The summed E-state index contributed by atoms with van der Waals surface area (Å²) < 4.78 is 21.9. The average Bonchev–Trinajstić information content (AvgIpc) is 2.09. The van der Waals surface area contributed by atoms with Crippen molar-refractivity contribution in [2.45, 2.75) is 19.4 Å². The Bertz CT molecular complexity index is 315. The van der Waals surface area contributed by atoms with Gasteiger partial charge in [0, 0.05) is 33.4 Å². The Morgan fingerprint density at radius 1 is 1.44 bits per heavy atom. The second-order valence-electron chi connectivity index (χ2n) is 3.91. The first kappa shape index (κ1) is 18.3. The van der Waals surface area contributed by atoms with E-state index in [2.05, 4.69) is 10.3 Å². The monoisotopic (exact) mass is 363 g/mol. The molecule has 16 heavy (non-hydrogen) atoms. The van der Waals surface area contributed by atoms with Crippen LogP contribution in [0.2, 0.25) is 0 Å². The summed E-state index contributed by atoms with van der Waals surface area (Å²) in [5, 5.41) is 3.15. The van der Waals surface area contributed by atoms with Crippen LogP contribution in [0.4, 0.5) is 0 Å². The minimum Gasteiger partial charge on any atom is -0.354 e. The van der Waals surface area contributed by atoms with Crippen molar-refractivity contribution in [1.82, 2.24) is 10.2 Å². The van der Waals surface area contributed by atoms with Crippen LogP contribution in [0.3, 0.4) is 0 Å². The molecule has 0 fully saturated rings. The Morgan fingerprint density at radius 2 is 1.94 bits per heavy atom. The highest BCUT2D eigenvalue weighted by molar-refractivity contribution is 14.0. The average molecular weight is 363 g/mol. The van der Waals surface area contributed by atoms with Crippen molar-refractivity contribution in [3.8, 4) is 0 Å². The van der Waals surface area contributed by atoms with Crippen LogP contribution in [0.25, 0.3) is 0 Å². The lowest BCUT2D eigenvalue weighted by Crippen LogP contribution is -2.42. The van der Waals surface area contributed by atoms with E-state index in [9.17, 15) is 8.42 Å². The molecule has 1 N–H and O–H groups in total. The minimum atomic E-state index is -2.88. The van der Waals surface area contributed by atoms with Gasteiger partial charge in [-0.25, -0.2) is 8.42 Å². The Hall–Kier alpha value is -0.0500. The first-order valence-corrected chi connectivity index (χ1v) is 6.90. The molecule has 7 heteroatoms. The standard InChI is InChI=1S/C9H21N3O2S.HI/c1-8(6-7-15(5,13)14)11-9(10-2)12(3)4;/h8H,6-7H2,1-5H3,(H,10,11);1H. The van der Waals surface area contributed by atoms with Crippen LogP contribution < -0.4 is 5.32 Å². The second kappa shape index (κ2) is 8.10. The maximum Gasteiger partial charge on any atom is 0.193 e. The third-order valence-corrected chi connectivity index (χ3v) is 2.91. The van der Waals surface area contributed by atoms with Crippen LogP contribution in [-0.4, -0.2) is 58.5 Å². The van der Waals surface area contributed by atoms with Crippen molar-refractivity contribution in [3.63, 3.8) is 0 Å². The Kier molecular flexibility index (Phi) is 9.28. The number of nitrogens with zero attached hydrogens (tertiary/aromatic N) is 2. The number of hydrogen-bond donors (Lipinski definition) is 1. The third-order valence-electron chi connectivity index (χ3n) is 1.93. The van der Waals surface area contributed by atoms with Gasteiger partial charge in [0.2, 0.25) is 0 Å².